The fourth-order valence-electron chi connectivity index (χ4n) is 1.48. The lowest BCUT2D eigenvalue weighted by Crippen LogP contribution is -2.47. The van der Waals surface area contributed by atoms with Crippen LogP contribution in [0.15, 0.2) is 0 Å². The van der Waals surface area contributed by atoms with Crippen molar-refractivity contribution in [3.05, 3.63) is 0 Å². The molecule has 1 unspecified atom stereocenters. The Kier molecular flexibility index (Phi) is 3.91. The van der Waals surface area contributed by atoms with Crippen molar-refractivity contribution in [2.75, 3.05) is 34.3 Å². The monoisotopic (exact) mass is 192 g/mol. The first-order chi connectivity index (χ1) is 5.64. The zero-order chi connectivity index (χ0) is 9.03. The van der Waals surface area contributed by atoms with Gasteiger partial charge in [0.1, 0.15) is 0 Å². The highest BCUT2D eigenvalue weighted by molar-refractivity contribution is 7.26. The lowest BCUT2D eigenvalue weighted by atomic mass is 10.1. The van der Waals surface area contributed by atoms with Gasteiger partial charge < -0.3 is 13.5 Å². The standard InChI is InChI=1S/C8H19NO2P/c1-9(2)6-4-8(5-7-9)11-12-10-3/h8,12H,4-7H2,1-3H3/q+1. The van der Waals surface area contributed by atoms with Crippen LogP contribution in [0.1, 0.15) is 12.8 Å². The summed E-state index contributed by atoms with van der Waals surface area (Å²) in [7, 11) is 6.45. The van der Waals surface area contributed by atoms with E-state index in [1.54, 1.807) is 7.11 Å². The first kappa shape index (κ1) is 10.4. The molecule has 0 radical (unpaired) electrons. The lowest BCUT2D eigenvalue weighted by Gasteiger charge is -2.36. The van der Waals surface area contributed by atoms with Crippen molar-refractivity contribution in [1.29, 1.82) is 0 Å². The number of quaternary nitrogens is 1. The summed E-state index contributed by atoms with van der Waals surface area (Å²) in [6.45, 7) is 2.44. The fourth-order valence-corrected chi connectivity index (χ4v) is 1.95. The first-order valence-electron chi connectivity index (χ1n) is 4.40. The normalized spacial score (nSPS) is 25.2. The minimum atomic E-state index is 0.221. The molecule has 1 rings (SSSR count). The molecular weight excluding hydrogens is 173 g/mol. The van der Waals surface area contributed by atoms with Crippen molar-refractivity contribution in [3.8, 4) is 0 Å². The zero-order valence-corrected chi connectivity index (χ0v) is 9.17. The number of hydrogen-bond donors (Lipinski definition) is 0. The molecule has 4 heteroatoms. The third kappa shape index (κ3) is 3.36. The van der Waals surface area contributed by atoms with E-state index < -0.39 is 0 Å². The molecule has 0 amide bonds. The summed E-state index contributed by atoms with van der Waals surface area (Å²) in [4.78, 5) is 0. The van der Waals surface area contributed by atoms with Gasteiger partial charge in [-0.2, -0.15) is 0 Å². The lowest BCUT2D eigenvalue weighted by molar-refractivity contribution is -0.896. The molecule has 0 aromatic carbocycles. The molecule has 1 saturated heterocycles. The van der Waals surface area contributed by atoms with Crippen molar-refractivity contribution in [1.82, 2.24) is 0 Å². The number of piperidine rings is 1. The van der Waals surface area contributed by atoms with Crippen molar-refractivity contribution >= 4 is 9.03 Å². The molecule has 1 aliphatic heterocycles. The fraction of sp³-hybridized carbons (Fsp3) is 1.00. The van der Waals surface area contributed by atoms with Gasteiger partial charge in [0.2, 0.25) is 0 Å². The second kappa shape index (κ2) is 4.52. The summed E-state index contributed by atoms with van der Waals surface area (Å²) in [6, 6.07) is 0. The van der Waals surface area contributed by atoms with E-state index in [9.17, 15) is 0 Å². The minimum absolute atomic E-state index is 0.221. The van der Waals surface area contributed by atoms with E-state index in [4.69, 9.17) is 9.05 Å². The van der Waals surface area contributed by atoms with Crippen LogP contribution in [0.3, 0.4) is 0 Å². The Hall–Kier alpha value is 0.310. The molecule has 1 aliphatic rings. The maximum absolute atomic E-state index is 5.52. The highest BCUT2D eigenvalue weighted by Crippen LogP contribution is 2.24. The first-order valence-corrected chi connectivity index (χ1v) is 5.21. The van der Waals surface area contributed by atoms with Crippen LogP contribution < -0.4 is 0 Å². The Morgan fingerprint density at radius 2 is 1.83 bits per heavy atom. The van der Waals surface area contributed by atoms with Gasteiger partial charge in [-0.1, -0.05) is 0 Å². The molecule has 1 fully saturated rings. The molecule has 0 aromatic rings. The van der Waals surface area contributed by atoms with Gasteiger partial charge in [-0.3, -0.25) is 0 Å². The van der Waals surface area contributed by atoms with Crippen LogP contribution >= 0.6 is 9.03 Å². The van der Waals surface area contributed by atoms with E-state index in [-0.39, 0.29) is 9.03 Å². The quantitative estimate of drug-likeness (QED) is 0.497. The van der Waals surface area contributed by atoms with E-state index in [2.05, 4.69) is 14.1 Å². The SMILES string of the molecule is COPOC1CC[N+](C)(C)CC1. The Morgan fingerprint density at radius 3 is 2.33 bits per heavy atom. The number of hydrogen-bond acceptors (Lipinski definition) is 2. The maximum atomic E-state index is 5.52. The predicted octanol–water partition coefficient (Wildman–Crippen LogP) is 1.40. The summed E-state index contributed by atoms with van der Waals surface area (Å²) in [5, 5.41) is 0. The van der Waals surface area contributed by atoms with E-state index in [1.807, 2.05) is 0 Å². The third-order valence-corrected chi connectivity index (χ3v) is 3.01. The minimum Gasteiger partial charge on any atom is -0.340 e. The highest BCUT2D eigenvalue weighted by atomic mass is 31.1. The molecular formula is C8H19NO2P+. The van der Waals surface area contributed by atoms with Gasteiger partial charge in [-0.05, 0) is 0 Å². The van der Waals surface area contributed by atoms with Gasteiger partial charge in [-0.25, -0.2) is 0 Å². The molecule has 12 heavy (non-hydrogen) atoms. The maximum Gasteiger partial charge on any atom is 0.155 e. The van der Waals surface area contributed by atoms with E-state index >= 15 is 0 Å². The second-order valence-corrected chi connectivity index (χ2v) is 4.80. The highest BCUT2D eigenvalue weighted by Gasteiger charge is 2.26. The Labute approximate surface area is 76.6 Å². The molecule has 1 atom stereocenters. The van der Waals surface area contributed by atoms with Crippen molar-refractivity contribution in [2.24, 2.45) is 0 Å². The Balaban J connectivity index is 2.18. The molecule has 0 aliphatic carbocycles. The van der Waals surface area contributed by atoms with Gasteiger partial charge in [0.25, 0.3) is 0 Å². The summed E-state index contributed by atoms with van der Waals surface area (Å²) in [5.41, 5.74) is 0. The predicted molar refractivity (Wildman–Crippen MR) is 51.3 cm³/mol. The average Bonchev–Trinajstić information content (AvgIpc) is 2.03. The zero-order valence-electron chi connectivity index (χ0n) is 8.17. The topological polar surface area (TPSA) is 18.5 Å². The Bertz CT molecular complexity index is 131. The average molecular weight is 192 g/mol. The van der Waals surface area contributed by atoms with Gasteiger partial charge >= 0.3 is 0 Å². The smallest absolute Gasteiger partial charge is 0.155 e. The van der Waals surface area contributed by atoms with Crippen molar-refractivity contribution in [2.45, 2.75) is 18.9 Å². The molecule has 1 heterocycles. The molecule has 0 spiro atoms. The summed E-state index contributed by atoms with van der Waals surface area (Å²) >= 11 is 0. The van der Waals surface area contributed by atoms with E-state index in [1.165, 1.54) is 25.9 Å². The molecule has 0 bridgehead atoms. The van der Waals surface area contributed by atoms with E-state index in [0.717, 1.165) is 4.48 Å². The molecule has 0 saturated carbocycles. The van der Waals surface area contributed by atoms with Crippen LogP contribution in [-0.4, -0.2) is 44.9 Å². The van der Waals surface area contributed by atoms with Crippen LogP contribution in [0.25, 0.3) is 0 Å². The van der Waals surface area contributed by atoms with E-state index in [0.29, 0.717) is 6.10 Å². The van der Waals surface area contributed by atoms with Crippen LogP contribution in [0.2, 0.25) is 0 Å². The third-order valence-electron chi connectivity index (χ3n) is 2.41. The largest absolute Gasteiger partial charge is 0.340 e. The summed E-state index contributed by atoms with van der Waals surface area (Å²) in [6.07, 6.45) is 2.78. The van der Waals surface area contributed by atoms with Gasteiger partial charge in [0.05, 0.1) is 33.3 Å². The van der Waals surface area contributed by atoms with Crippen molar-refractivity contribution < 1.29 is 13.5 Å². The number of rotatable bonds is 3. The number of nitrogens with zero attached hydrogens (tertiary/aromatic N) is 1. The van der Waals surface area contributed by atoms with Crippen LogP contribution in [0.4, 0.5) is 0 Å². The molecule has 0 N–H and O–H groups in total. The summed E-state index contributed by atoms with van der Waals surface area (Å²) in [5.74, 6) is 0. The van der Waals surface area contributed by atoms with Crippen LogP contribution in [0, 0.1) is 0 Å². The molecule has 0 aromatic heterocycles. The summed E-state index contributed by atoms with van der Waals surface area (Å²) < 4.78 is 11.6. The van der Waals surface area contributed by atoms with Crippen LogP contribution in [-0.2, 0) is 9.05 Å². The van der Waals surface area contributed by atoms with Crippen molar-refractivity contribution in [3.63, 3.8) is 0 Å². The Morgan fingerprint density at radius 1 is 1.25 bits per heavy atom. The second-order valence-electron chi connectivity index (χ2n) is 3.99. The molecule has 72 valence electrons. The van der Waals surface area contributed by atoms with Crippen LogP contribution in [0.5, 0.6) is 0 Å². The van der Waals surface area contributed by atoms with Gasteiger partial charge in [0, 0.05) is 20.0 Å². The molecule has 3 nitrogen and oxygen atoms in total. The van der Waals surface area contributed by atoms with Gasteiger partial charge in [-0.15, -0.1) is 0 Å². The van der Waals surface area contributed by atoms with Gasteiger partial charge in [0.15, 0.2) is 9.03 Å². The number of likely N-dealkylation sites (tertiary alicyclic amines) is 1.